The second-order valence-corrected chi connectivity index (χ2v) is 3.74. The summed E-state index contributed by atoms with van der Waals surface area (Å²) in [5.74, 6) is -0.402. The molecule has 0 fully saturated rings. The zero-order chi connectivity index (χ0) is 12.1. The van der Waals surface area contributed by atoms with E-state index in [4.69, 9.17) is 5.73 Å². The standard InChI is InChI=1S/C11H15F3N2/c1-16(7-11(13)14)6-10(15)8-4-2-3-5-9(8)12/h2-5,10-11H,6-7,15H2,1H3. The normalized spacial score (nSPS) is 13.4. The Morgan fingerprint density at radius 1 is 1.25 bits per heavy atom. The summed E-state index contributed by atoms with van der Waals surface area (Å²) in [5.41, 5.74) is 6.10. The van der Waals surface area contributed by atoms with Crippen LogP contribution in [-0.4, -0.2) is 31.5 Å². The lowest BCUT2D eigenvalue weighted by molar-refractivity contribution is 0.0977. The van der Waals surface area contributed by atoms with E-state index in [0.717, 1.165) is 0 Å². The van der Waals surface area contributed by atoms with Crippen molar-refractivity contribution >= 4 is 0 Å². The van der Waals surface area contributed by atoms with Crippen LogP contribution in [0.25, 0.3) is 0 Å². The molecule has 0 aliphatic carbocycles. The molecule has 1 aromatic carbocycles. The van der Waals surface area contributed by atoms with Crippen molar-refractivity contribution in [3.05, 3.63) is 35.6 Å². The average Bonchev–Trinajstić information content (AvgIpc) is 2.16. The van der Waals surface area contributed by atoms with Crippen LogP contribution in [0.1, 0.15) is 11.6 Å². The molecule has 0 saturated carbocycles. The van der Waals surface area contributed by atoms with Crippen LogP contribution < -0.4 is 5.73 Å². The SMILES string of the molecule is CN(CC(F)F)CC(N)c1ccccc1F. The van der Waals surface area contributed by atoms with Gasteiger partial charge in [0.25, 0.3) is 6.43 Å². The average molecular weight is 232 g/mol. The number of alkyl halides is 2. The van der Waals surface area contributed by atoms with E-state index >= 15 is 0 Å². The van der Waals surface area contributed by atoms with Gasteiger partial charge in [-0.15, -0.1) is 0 Å². The number of rotatable bonds is 5. The van der Waals surface area contributed by atoms with E-state index in [1.54, 1.807) is 18.2 Å². The molecule has 0 heterocycles. The number of nitrogens with two attached hydrogens (primary N) is 1. The highest BCUT2D eigenvalue weighted by molar-refractivity contribution is 5.21. The monoisotopic (exact) mass is 232 g/mol. The molecule has 0 saturated heterocycles. The lowest BCUT2D eigenvalue weighted by Crippen LogP contribution is -2.32. The Morgan fingerprint density at radius 2 is 1.88 bits per heavy atom. The van der Waals surface area contributed by atoms with Gasteiger partial charge in [0.1, 0.15) is 5.82 Å². The van der Waals surface area contributed by atoms with Crippen LogP contribution in [0.15, 0.2) is 24.3 Å². The summed E-state index contributed by atoms with van der Waals surface area (Å²) in [7, 11) is 1.53. The number of halogens is 3. The summed E-state index contributed by atoms with van der Waals surface area (Å²) >= 11 is 0. The third kappa shape index (κ3) is 3.83. The van der Waals surface area contributed by atoms with Crippen LogP contribution >= 0.6 is 0 Å². The maximum absolute atomic E-state index is 13.3. The van der Waals surface area contributed by atoms with Gasteiger partial charge < -0.3 is 5.73 Å². The first-order chi connectivity index (χ1) is 7.50. The maximum atomic E-state index is 13.3. The molecule has 90 valence electrons. The first-order valence-electron chi connectivity index (χ1n) is 4.97. The van der Waals surface area contributed by atoms with Crippen molar-refractivity contribution in [3.8, 4) is 0 Å². The summed E-state index contributed by atoms with van der Waals surface area (Å²) in [6, 6.07) is 5.52. The second kappa shape index (κ2) is 5.86. The lowest BCUT2D eigenvalue weighted by Gasteiger charge is -2.21. The lowest BCUT2D eigenvalue weighted by atomic mass is 10.1. The van der Waals surface area contributed by atoms with Crippen molar-refractivity contribution in [2.24, 2.45) is 5.73 Å². The van der Waals surface area contributed by atoms with Gasteiger partial charge in [0, 0.05) is 18.2 Å². The zero-order valence-electron chi connectivity index (χ0n) is 9.04. The Bertz CT molecular complexity index is 331. The highest BCUT2D eigenvalue weighted by atomic mass is 19.3. The molecule has 1 unspecified atom stereocenters. The molecule has 0 spiro atoms. The number of likely N-dealkylation sites (N-methyl/N-ethyl adjacent to an activating group) is 1. The van der Waals surface area contributed by atoms with Gasteiger partial charge >= 0.3 is 0 Å². The van der Waals surface area contributed by atoms with Crippen LogP contribution in [0, 0.1) is 5.82 Å². The third-order valence-corrected chi connectivity index (χ3v) is 2.26. The summed E-state index contributed by atoms with van der Waals surface area (Å²) in [6.07, 6.45) is -2.40. The van der Waals surface area contributed by atoms with E-state index in [1.807, 2.05) is 0 Å². The Hall–Kier alpha value is -1.07. The third-order valence-electron chi connectivity index (χ3n) is 2.26. The fraction of sp³-hybridized carbons (Fsp3) is 0.455. The number of hydrogen-bond donors (Lipinski definition) is 1. The van der Waals surface area contributed by atoms with Crippen LogP contribution in [-0.2, 0) is 0 Å². The molecule has 2 nitrogen and oxygen atoms in total. The largest absolute Gasteiger partial charge is 0.323 e. The smallest absolute Gasteiger partial charge is 0.251 e. The molecule has 5 heteroatoms. The fourth-order valence-corrected chi connectivity index (χ4v) is 1.52. The molecule has 1 atom stereocenters. The van der Waals surface area contributed by atoms with Crippen molar-refractivity contribution < 1.29 is 13.2 Å². The van der Waals surface area contributed by atoms with Gasteiger partial charge in [-0.05, 0) is 13.1 Å². The minimum Gasteiger partial charge on any atom is -0.323 e. The fourth-order valence-electron chi connectivity index (χ4n) is 1.52. The maximum Gasteiger partial charge on any atom is 0.251 e. The molecular weight excluding hydrogens is 217 g/mol. The van der Waals surface area contributed by atoms with Crippen molar-refractivity contribution in [1.29, 1.82) is 0 Å². The predicted octanol–water partition coefficient (Wildman–Crippen LogP) is 2.02. The molecule has 0 bridgehead atoms. The predicted molar refractivity (Wildman–Crippen MR) is 56.8 cm³/mol. The van der Waals surface area contributed by atoms with Gasteiger partial charge in [-0.2, -0.15) is 0 Å². The first-order valence-corrected chi connectivity index (χ1v) is 4.97. The van der Waals surface area contributed by atoms with Crippen LogP contribution in [0.3, 0.4) is 0 Å². The number of hydrogen-bond acceptors (Lipinski definition) is 2. The highest BCUT2D eigenvalue weighted by Gasteiger charge is 2.15. The number of nitrogens with zero attached hydrogens (tertiary/aromatic N) is 1. The van der Waals surface area contributed by atoms with Crippen molar-refractivity contribution in [2.75, 3.05) is 20.1 Å². The van der Waals surface area contributed by atoms with Crippen LogP contribution in [0.5, 0.6) is 0 Å². The van der Waals surface area contributed by atoms with Crippen molar-refractivity contribution in [3.63, 3.8) is 0 Å². The van der Waals surface area contributed by atoms with Gasteiger partial charge in [-0.25, -0.2) is 13.2 Å². The Balaban J connectivity index is 2.58. The van der Waals surface area contributed by atoms with Gasteiger partial charge in [-0.3, -0.25) is 4.90 Å². The second-order valence-electron chi connectivity index (χ2n) is 3.74. The topological polar surface area (TPSA) is 29.3 Å². The van der Waals surface area contributed by atoms with Crippen LogP contribution in [0.4, 0.5) is 13.2 Å². The van der Waals surface area contributed by atoms with Crippen LogP contribution in [0.2, 0.25) is 0 Å². The van der Waals surface area contributed by atoms with E-state index in [0.29, 0.717) is 5.56 Å². The molecule has 2 N–H and O–H groups in total. The van der Waals surface area contributed by atoms with Gasteiger partial charge in [-0.1, -0.05) is 18.2 Å². The van der Waals surface area contributed by atoms with E-state index in [-0.39, 0.29) is 13.1 Å². The summed E-state index contributed by atoms with van der Waals surface area (Å²) in [4.78, 5) is 1.39. The quantitative estimate of drug-likeness (QED) is 0.841. The van der Waals surface area contributed by atoms with E-state index in [2.05, 4.69) is 0 Å². The molecule has 0 aromatic heterocycles. The van der Waals surface area contributed by atoms with E-state index in [1.165, 1.54) is 18.0 Å². The Kier molecular flexibility index (Phi) is 4.76. The zero-order valence-corrected chi connectivity index (χ0v) is 9.04. The molecule has 0 aliphatic heterocycles. The van der Waals surface area contributed by atoms with Gasteiger partial charge in [0.15, 0.2) is 0 Å². The van der Waals surface area contributed by atoms with E-state index < -0.39 is 18.3 Å². The molecule has 0 aliphatic rings. The molecular formula is C11H15F3N2. The minimum absolute atomic E-state index is 0.200. The highest BCUT2D eigenvalue weighted by Crippen LogP contribution is 2.15. The molecule has 0 amide bonds. The summed E-state index contributed by atoms with van der Waals surface area (Å²) < 4.78 is 37.4. The number of benzene rings is 1. The molecule has 0 radical (unpaired) electrons. The van der Waals surface area contributed by atoms with Crippen molar-refractivity contribution in [2.45, 2.75) is 12.5 Å². The minimum atomic E-state index is -2.40. The molecule has 1 aromatic rings. The molecule has 1 rings (SSSR count). The van der Waals surface area contributed by atoms with Gasteiger partial charge in [0.2, 0.25) is 0 Å². The summed E-state index contributed by atoms with van der Waals surface area (Å²) in [5, 5.41) is 0. The Morgan fingerprint density at radius 3 is 2.44 bits per heavy atom. The van der Waals surface area contributed by atoms with E-state index in [9.17, 15) is 13.2 Å². The van der Waals surface area contributed by atoms with Gasteiger partial charge in [0.05, 0.1) is 6.54 Å². The Labute approximate surface area is 92.9 Å². The molecule has 16 heavy (non-hydrogen) atoms. The van der Waals surface area contributed by atoms with Crippen molar-refractivity contribution in [1.82, 2.24) is 4.90 Å². The first kappa shape index (κ1) is 13.0. The summed E-state index contributed by atoms with van der Waals surface area (Å²) in [6.45, 7) is -0.159.